The van der Waals surface area contributed by atoms with Crippen LogP contribution in [0.3, 0.4) is 0 Å². The standard InChI is InChI=1S/C27H30ClF4N7O5/c1-37(2)21(40)8-6-5-7-18(44-26(43)38(3)4)24(41)34-17-9-10-19(28)39(25(17)42)14-20-35-22-15(29)13-33-16(23(22)36-20)11-12-27(30,31)32/h6,8-10,13,18H,5,7,11-12,14H2,1-4H3,(H,34,41)(H,35,36). The number of rotatable bonds is 11. The Morgan fingerprint density at radius 1 is 1.18 bits per heavy atom. The number of carbonyl (C=O) groups excluding carboxylic acids is 3. The van der Waals surface area contributed by atoms with Gasteiger partial charge in [-0.2, -0.15) is 13.2 Å². The number of fused-ring (bicyclic) bond motifs is 1. The third kappa shape index (κ3) is 9.02. The van der Waals surface area contributed by atoms with Crippen LogP contribution in [0, 0.1) is 5.82 Å². The number of likely N-dealkylation sites (N-methyl/N-ethyl adjacent to an activating group) is 1. The molecule has 44 heavy (non-hydrogen) atoms. The molecule has 3 aromatic heterocycles. The van der Waals surface area contributed by atoms with Crippen molar-refractivity contribution >= 4 is 46.2 Å². The second kappa shape index (κ2) is 14.3. The predicted molar refractivity (Wildman–Crippen MR) is 153 cm³/mol. The second-order valence-electron chi connectivity index (χ2n) is 10.0. The van der Waals surface area contributed by atoms with Gasteiger partial charge in [-0.3, -0.25) is 23.9 Å². The van der Waals surface area contributed by atoms with Gasteiger partial charge in [0.15, 0.2) is 11.9 Å². The number of pyridine rings is 2. The van der Waals surface area contributed by atoms with Crippen LogP contribution in [0.4, 0.5) is 28.0 Å². The average molecular weight is 644 g/mol. The van der Waals surface area contributed by atoms with Crippen molar-refractivity contribution in [2.75, 3.05) is 33.5 Å². The predicted octanol–water partition coefficient (Wildman–Crippen LogP) is 3.89. The first-order chi connectivity index (χ1) is 20.6. The first kappa shape index (κ1) is 34.0. The number of H-pyrrole nitrogens is 1. The monoisotopic (exact) mass is 643 g/mol. The van der Waals surface area contributed by atoms with Crippen LogP contribution < -0.4 is 10.9 Å². The van der Waals surface area contributed by atoms with Gasteiger partial charge in [-0.1, -0.05) is 17.7 Å². The fourth-order valence-electron chi connectivity index (χ4n) is 3.80. The smallest absolute Gasteiger partial charge is 0.410 e. The third-order valence-corrected chi connectivity index (χ3v) is 6.46. The Morgan fingerprint density at radius 3 is 2.52 bits per heavy atom. The summed E-state index contributed by atoms with van der Waals surface area (Å²) in [5.74, 6) is -2.00. The molecule has 0 radical (unpaired) electrons. The second-order valence-corrected chi connectivity index (χ2v) is 10.4. The molecule has 0 aromatic carbocycles. The number of anilines is 1. The molecule has 3 heterocycles. The molecule has 0 saturated carbocycles. The van der Waals surface area contributed by atoms with Gasteiger partial charge in [-0.25, -0.2) is 14.2 Å². The zero-order chi connectivity index (χ0) is 32.8. The number of carbonyl (C=O) groups is 3. The number of hydrogen-bond donors (Lipinski definition) is 2. The zero-order valence-corrected chi connectivity index (χ0v) is 24.9. The summed E-state index contributed by atoms with van der Waals surface area (Å²) in [6.07, 6.45) is -4.55. The summed E-state index contributed by atoms with van der Waals surface area (Å²) in [4.78, 5) is 63.3. The number of hydrogen-bond acceptors (Lipinski definition) is 7. The molecule has 17 heteroatoms. The average Bonchev–Trinajstić information content (AvgIpc) is 3.37. The Kier molecular flexibility index (Phi) is 11.1. The fourth-order valence-corrected chi connectivity index (χ4v) is 4.00. The van der Waals surface area contributed by atoms with Crippen molar-refractivity contribution < 1.29 is 36.7 Å². The maximum Gasteiger partial charge on any atom is 0.410 e. The minimum atomic E-state index is -4.46. The molecule has 238 valence electrons. The van der Waals surface area contributed by atoms with Crippen molar-refractivity contribution in [2.45, 2.75) is 44.5 Å². The van der Waals surface area contributed by atoms with E-state index in [-0.39, 0.29) is 58.7 Å². The number of aromatic nitrogens is 4. The summed E-state index contributed by atoms with van der Waals surface area (Å²) in [7, 11) is 5.98. The molecule has 1 unspecified atom stereocenters. The molecule has 0 bridgehead atoms. The van der Waals surface area contributed by atoms with Gasteiger partial charge in [0.25, 0.3) is 11.5 Å². The van der Waals surface area contributed by atoms with Crippen LogP contribution >= 0.6 is 11.6 Å². The van der Waals surface area contributed by atoms with Gasteiger partial charge in [-0.05, 0) is 31.1 Å². The molecule has 0 aliphatic heterocycles. The number of nitrogens with one attached hydrogen (secondary N) is 2. The van der Waals surface area contributed by atoms with Crippen molar-refractivity contribution in [3.63, 3.8) is 0 Å². The molecule has 12 nitrogen and oxygen atoms in total. The summed E-state index contributed by atoms with van der Waals surface area (Å²) in [6, 6.07) is 2.53. The van der Waals surface area contributed by atoms with E-state index in [4.69, 9.17) is 16.3 Å². The molecule has 3 rings (SSSR count). The Morgan fingerprint density at radius 2 is 1.89 bits per heavy atom. The van der Waals surface area contributed by atoms with Crippen molar-refractivity contribution in [3.8, 4) is 0 Å². The molecule has 3 amide bonds. The van der Waals surface area contributed by atoms with Gasteiger partial charge in [-0.15, -0.1) is 0 Å². The van der Waals surface area contributed by atoms with E-state index in [2.05, 4.69) is 20.3 Å². The highest BCUT2D eigenvalue weighted by Crippen LogP contribution is 2.25. The van der Waals surface area contributed by atoms with Gasteiger partial charge >= 0.3 is 12.3 Å². The number of aryl methyl sites for hydroxylation is 1. The van der Waals surface area contributed by atoms with Crippen LogP contribution in [-0.4, -0.2) is 87.7 Å². The lowest BCUT2D eigenvalue weighted by molar-refractivity contribution is -0.134. The summed E-state index contributed by atoms with van der Waals surface area (Å²) in [6.45, 7) is -0.363. The summed E-state index contributed by atoms with van der Waals surface area (Å²) < 4.78 is 58.9. The maximum atomic E-state index is 14.4. The van der Waals surface area contributed by atoms with Crippen molar-refractivity contribution in [3.05, 3.63) is 63.3 Å². The molecule has 0 fully saturated rings. The van der Waals surface area contributed by atoms with Crippen LogP contribution in [0.1, 0.15) is 30.8 Å². The molecule has 0 saturated heterocycles. The number of halogens is 5. The zero-order valence-electron chi connectivity index (χ0n) is 24.2. The summed E-state index contributed by atoms with van der Waals surface area (Å²) in [5, 5.41) is 2.33. The minimum Gasteiger partial charge on any atom is -0.436 e. The highest BCUT2D eigenvalue weighted by atomic mass is 35.5. The van der Waals surface area contributed by atoms with Crippen molar-refractivity contribution in [1.29, 1.82) is 0 Å². The van der Waals surface area contributed by atoms with Crippen LogP contribution in [0.5, 0.6) is 0 Å². The Bertz CT molecular complexity index is 1620. The summed E-state index contributed by atoms with van der Waals surface area (Å²) in [5.41, 5.74) is -1.40. The molecular weight excluding hydrogens is 614 g/mol. The van der Waals surface area contributed by atoms with Gasteiger partial charge in [0.2, 0.25) is 5.91 Å². The van der Waals surface area contributed by atoms with Crippen LogP contribution in [0.25, 0.3) is 11.0 Å². The maximum absolute atomic E-state index is 14.4. The van der Waals surface area contributed by atoms with E-state index < -0.39 is 48.5 Å². The topological polar surface area (TPSA) is 143 Å². The van der Waals surface area contributed by atoms with E-state index in [1.54, 1.807) is 14.1 Å². The fraction of sp³-hybridized carbons (Fsp3) is 0.407. The van der Waals surface area contributed by atoms with E-state index >= 15 is 0 Å². The number of ether oxygens (including phenoxy) is 1. The third-order valence-electron chi connectivity index (χ3n) is 6.13. The number of alkyl halides is 3. The molecule has 0 spiro atoms. The number of nitrogens with zero attached hydrogens (tertiary/aromatic N) is 5. The highest BCUT2D eigenvalue weighted by molar-refractivity contribution is 6.29. The quantitative estimate of drug-likeness (QED) is 0.183. The minimum absolute atomic E-state index is 0.00974. The first-order valence-corrected chi connectivity index (χ1v) is 13.5. The van der Waals surface area contributed by atoms with Crippen LogP contribution in [-0.2, 0) is 27.3 Å². The van der Waals surface area contributed by atoms with E-state index in [0.29, 0.717) is 0 Å². The molecule has 0 aliphatic carbocycles. The van der Waals surface area contributed by atoms with Crippen molar-refractivity contribution in [1.82, 2.24) is 29.3 Å². The molecular formula is C27H30ClF4N7O5. The van der Waals surface area contributed by atoms with E-state index in [9.17, 15) is 36.7 Å². The van der Waals surface area contributed by atoms with Gasteiger partial charge < -0.3 is 24.8 Å². The van der Waals surface area contributed by atoms with E-state index in [0.717, 1.165) is 15.7 Å². The van der Waals surface area contributed by atoms with Gasteiger partial charge in [0.05, 0.1) is 24.0 Å². The lowest BCUT2D eigenvalue weighted by Crippen LogP contribution is -2.37. The number of imidazole rings is 1. The molecule has 1 atom stereocenters. The highest BCUT2D eigenvalue weighted by Gasteiger charge is 2.28. The van der Waals surface area contributed by atoms with Gasteiger partial charge in [0, 0.05) is 41.0 Å². The Hall–Kier alpha value is -4.47. The first-order valence-electron chi connectivity index (χ1n) is 13.1. The van der Waals surface area contributed by atoms with E-state index in [1.165, 1.54) is 43.3 Å². The lowest BCUT2D eigenvalue weighted by Gasteiger charge is -2.20. The number of amides is 3. The summed E-state index contributed by atoms with van der Waals surface area (Å²) >= 11 is 6.23. The van der Waals surface area contributed by atoms with Gasteiger partial charge in [0.1, 0.15) is 22.2 Å². The van der Waals surface area contributed by atoms with Crippen LogP contribution in [0.2, 0.25) is 5.15 Å². The number of allylic oxidation sites excluding steroid dienone is 1. The van der Waals surface area contributed by atoms with Crippen molar-refractivity contribution in [2.24, 2.45) is 0 Å². The SMILES string of the molecule is CN(C)C(=O)C=CCCC(OC(=O)N(C)C)C(=O)Nc1ccc(Cl)n(Cc2nc3c(F)cnc(CCC(F)(F)F)c3[nH]2)c1=O. The van der Waals surface area contributed by atoms with E-state index in [1.807, 2.05) is 0 Å². The largest absolute Gasteiger partial charge is 0.436 e. The Labute approximate surface area is 253 Å². The molecule has 0 aliphatic rings. The normalized spacial score (nSPS) is 12.4. The lowest BCUT2D eigenvalue weighted by atomic mass is 10.1. The number of aromatic amines is 1. The molecule has 3 aromatic rings. The van der Waals surface area contributed by atoms with Crippen LogP contribution in [0.15, 0.2) is 35.3 Å². The molecule has 2 N–H and O–H groups in total. The Balaban J connectivity index is 1.84.